The van der Waals surface area contributed by atoms with Crippen LogP contribution in [0.1, 0.15) is 19.8 Å². The van der Waals surface area contributed by atoms with Crippen molar-refractivity contribution in [2.24, 2.45) is 0 Å². The van der Waals surface area contributed by atoms with Crippen LogP contribution in [0.5, 0.6) is 0 Å². The van der Waals surface area contributed by atoms with Crippen molar-refractivity contribution >= 4 is 11.6 Å². The predicted octanol–water partition coefficient (Wildman–Crippen LogP) is 1.94. The summed E-state index contributed by atoms with van der Waals surface area (Å²) in [7, 11) is 0. The molecule has 54 valence electrons. The molecular weight excluding hydrogens is 136 g/mol. The lowest BCUT2D eigenvalue weighted by Crippen LogP contribution is -1.97. The fraction of sp³-hybridized carbons (Fsp3) is 0.714. The Kier molecular flexibility index (Phi) is 6.11. The second-order valence-electron chi connectivity index (χ2n) is 1.88. The Morgan fingerprint density at radius 3 is 2.78 bits per heavy atom. The highest BCUT2D eigenvalue weighted by atomic mass is 35.5. The molecule has 0 spiro atoms. The highest BCUT2D eigenvalue weighted by molar-refractivity contribution is 6.17. The van der Waals surface area contributed by atoms with E-state index < -0.39 is 0 Å². The minimum Gasteiger partial charge on any atom is -0.389 e. The minimum absolute atomic E-state index is 0.284. The molecule has 0 radical (unpaired) electrons. The standard InChI is InChI=1S/C7H13ClO/c1-2-7(9)5-3-4-6-8/h3,5,7,9H,2,4,6H2,1H3/b5-3+/t7-/m0/s1. The van der Waals surface area contributed by atoms with Crippen LogP contribution in [0.25, 0.3) is 0 Å². The lowest BCUT2D eigenvalue weighted by Gasteiger charge is -1.96. The molecule has 0 aliphatic rings. The third-order valence-electron chi connectivity index (χ3n) is 1.05. The lowest BCUT2D eigenvalue weighted by atomic mass is 10.2. The van der Waals surface area contributed by atoms with Crippen molar-refractivity contribution < 1.29 is 5.11 Å². The second-order valence-corrected chi connectivity index (χ2v) is 2.26. The fourth-order valence-electron chi connectivity index (χ4n) is 0.452. The van der Waals surface area contributed by atoms with E-state index in [9.17, 15) is 0 Å². The van der Waals surface area contributed by atoms with E-state index in [0.717, 1.165) is 12.8 Å². The van der Waals surface area contributed by atoms with E-state index in [-0.39, 0.29) is 6.10 Å². The molecule has 0 saturated heterocycles. The van der Waals surface area contributed by atoms with Gasteiger partial charge in [0.15, 0.2) is 0 Å². The quantitative estimate of drug-likeness (QED) is 0.477. The summed E-state index contributed by atoms with van der Waals surface area (Å²) >= 11 is 5.40. The summed E-state index contributed by atoms with van der Waals surface area (Å²) in [5.41, 5.74) is 0. The highest BCUT2D eigenvalue weighted by Gasteiger charge is 1.89. The summed E-state index contributed by atoms with van der Waals surface area (Å²) in [5.74, 6) is 0.632. The maximum atomic E-state index is 8.95. The molecule has 0 bridgehead atoms. The molecule has 0 saturated carbocycles. The van der Waals surface area contributed by atoms with Gasteiger partial charge in [-0.25, -0.2) is 0 Å². The Labute approximate surface area is 61.3 Å². The van der Waals surface area contributed by atoms with Gasteiger partial charge in [0.1, 0.15) is 0 Å². The molecule has 0 unspecified atom stereocenters. The maximum Gasteiger partial charge on any atom is 0.0718 e. The molecule has 0 amide bonds. The first-order valence-electron chi connectivity index (χ1n) is 3.22. The summed E-state index contributed by atoms with van der Waals surface area (Å²) in [6, 6.07) is 0. The van der Waals surface area contributed by atoms with Gasteiger partial charge >= 0.3 is 0 Å². The number of alkyl halides is 1. The zero-order valence-electron chi connectivity index (χ0n) is 5.68. The van der Waals surface area contributed by atoms with E-state index in [1.54, 1.807) is 6.08 Å². The van der Waals surface area contributed by atoms with Gasteiger partial charge in [-0.15, -0.1) is 11.6 Å². The minimum atomic E-state index is -0.284. The van der Waals surface area contributed by atoms with Gasteiger partial charge in [-0.3, -0.25) is 0 Å². The van der Waals surface area contributed by atoms with Gasteiger partial charge in [0.25, 0.3) is 0 Å². The van der Waals surface area contributed by atoms with Crippen molar-refractivity contribution in [3.8, 4) is 0 Å². The van der Waals surface area contributed by atoms with E-state index in [1.165, 1.54) is 0 Å². The molecule has 1 nitrogen and oxygen atoms in total. The Morgan fingerprint density at radius 2 is 2.33 bits per heavy atom. The average Bonchev–Trinajstić information content (AvgIpc) is 1.89. The Hall–Kier alpha value is -0.0100. The normalized spacial score (nSPS) is 14.6. The average molecular weight is 149 g/mol. The van der Waals surface area contributed by atoms with E-state index in [4.69, 9.17) is 16.7 Å². The highest BCUT2D eigenvalue weighted by Crippen LogP contribution is 1.93. The number of rotatable bonds is 4. The summed E-state index contributed by atoms with van der Waals surface area (Å²) in [5, 5.41) is 8.95. The maximum absolute atomic E-state index is 8.95. The molecule has 0 aliphatic carbocycles. The molecular formula is C7H13ClO. The molecule has 1 atom stereocenters. The summed E-state index contributed by atoms with van der Waals surface area (Å²) < 4.78 is 0. The number of aliphatic hydroxyl groups is 1. The van der Waals surface area contributed by atoms with Crippen LogP contribution in [0.4, 0.5) is 0 Å². The van der Waals surface area contributed by atoms with Crippen LogP contribution in [0.3, 0.4) is 0 Å². The number of allylic oxidation sites excluding steroid dienone is 1. The molecule has 0 aromatic rings. The summed E-state index contributed by atoms with van der Waals surface area (Å²) in [6.45, 7) is 1.94. The summed E-state index contributed by atoms with van der Waals surface area (Å²) in [4.78, 5) is 0. The van der Waals surface area contributed by atoms with Crippen LogP contribution < -0.4 is 0 Å². The van der Waals surface area contributed by atoms with Crippen LogP contribution in [0, 0.1) is 0 Å². The Balaban J connectivity index is 3.20. The zero-order chi connectivity index (χ0) is 7.11. The molecule has 0 rings (SSSR count). The van der Waals surface area contributed by atoms with Gasteiger partial charge in [-0.1, -0.05) is 19.1 Å². The predicted molar refractivity (Wildman–Crippen MR) is 40.8 cm³/mol. The largest absolute Gasteiger partial charge is 0.389 e. The van der Waals surface area contributed by atoms with Crippen LogP contribution >= 0.6 is 11.6 Å². The van der Waals surface area contributed by atoms with Crippen LogP contribution in [0.15, 0.2) is 12.2 Å². The molecule has 0 heterocycles. The van der Waals surface area contributed by atoms with Crippen molar-refractivity contribution in [3.63, 3.8) is 0 Å². The van der Waals surface area contributed by atoms with Gasteiger partial charge < -0.3 is 5.11 Å². The van der Waals surface area contributed by atoms with Crippen LogP contribution in [-0.4, -0.2) is 17.1 Å². The number of hydrogen-bond donors (Lipinski definition) is 1. The molecule has 1 N–H and O–H groups in total. The first kappa shape index (κ1) is 8.99. The Bertz CT molecular complexity index is 81.0. The van der Waals surface area contributed by atoms with Gasteiger partial charge in [0, 0.05) is 5.88 Å². The van der Waals surface area contributed by atoms with Gasteiger partial charge in [-0.2, -0.15) is 0 Å². The molecule has 0 aromatic heterocycles. The van der Waals surface area contributed by atoms with Crippen molar-refractivity contribution in [2.45, 2.75) is 25.9 Å². The van der Waals surface area contributed by atoms with E-state index >= 15 is 0 Å². The van der Waals surface area contributed by atoms with E-state index in [1.807, 2.05) is 13.0 Å². The van der Waals surface area contributed by atoms with Crippen molar-refractivity contribution in [2.75, 3.05) is 5.88 Å². The molecule has 9 heavy (non-hydrogen) atoms. The second kappa shape index (κ2) is 6.12. The monoisotopic (exact) mass is 148 g/mol. The number of aliphatic hydroxyl groups excluding tert-OH is 1. The van der Waals surface area contributed by atoms with Crippen molar-refractivity contribution in [3.05, 3.63) is 12.2 Å². The van der Waals surface area contributed by atoms with Crippen molar-refractivity contribution in [1.82, 2.24) is 0 Å². The number of halogens is 1. The third kappa shape index (κ3) is 5.87. The molecule has 2 heteroatoms. The van der Waals surface area contributed by atoms with Crippen molar-refractivity contribution in [1.29, 1.82) is 0 Å². The molecule has 0 aromatic carbocycles. The molecule has 0 aliphatic heterocycles. The number of hydrogen-bond acceptors (Lipinski definition) is 1. The van der Waals surface area contributed by atoms with Gasteiger partial charge in [0.05, 0.1) is 6.10 Å². The first-order chi connectivity index (χ1) is 4.31. The smallest absolute Gasteiger partial charge is 0.0718 e. The molecule has 0 fully saturated rings. The third-order valence-corrected chi connectivity index (χ3v) is 1.27. The SMILES string of the molecule is CC[C@H](O)/C=C/CCCl. The van der Waals surface area contributed by atoms with Gasteiger partial charge in [0.2, 0.25) is 0 Å². The van der Waals surface area contributed by atoms with Crippen LogP contribution in [-0.2, 0) is 0 Å². The van der Waals surface area contributed by atoms with E-state index in [0.29, 0.717) is 5.88 Å². The summed E-state index contributed by atoms with van der Waals surface area (Å²) in [6.07, 6.45) is 5.02. The fourth-order valence-corrected chi connectivity index (χ4v) is 0.578. The van der Waals surface area contributed by atoms with Crippen LogP contribution in [0.2, 0.25) is 0 Å². The Morgan fingerprint density at radius 1 is 1.67 bits per heavy atom. The van der Waals surface area contributed by atoms with E-state index in [2.05, 4.69) is 0 Å². The first-order valence-corrected chi connectivity index (χ1v) is 3.75. The topological polar surface area (TPSA) is 20.2 Å². The lowest BCUT2D eigenvalue weighted by molar-refractivity contribution is 0.219. The van der Waals surface area contributed by atoms with Gasteiger partial charge in [-0.05, 0) is 12.8 Å². The zero-order valence-corrected chi connectivity index (χ0v) is 6.43.